The van der Waals surface area contributed by atoms with Crippen molar-refractivity contribution in [3.63, 3.8) is 0 Å². The molecule has 3 rings (SSSR count). The predicted molar refractivity (Wildman–Crippen MR) is 90.4 cm³/mol. The van der Waals surface area contributed by atoms with E-state index in [2.05, 4.69) is 31.7 Å². The highest BCUT2D eigenvalue weighted by Gasteiger charge is 2.35. The van der Waals surface area contributed by atoms with Crippen LogP contribution in [0.5, 0.6) is 0 Å². The molecule has 0 amide bonds. The lowest BCUT2D eigenvalue weighted by Gasteiger charge is -2.40. The molecule has 24 heavy (non-hydrogen) atoms. The summed E-state index contributed by atoms with van der Waals surface area (Å²) in [5.74, 6) is 1.02. The predicted octanol–water partition coefficient (Wildman–Crippen LogP) is 1.56. The second-order valence-corrected chi connectivity index (χ2v) is 5.80. The monoisotopic (exact) mass is 326 g/mol. The number of anilines is 1. The Bertz CT molecular complexity index is 705. The molecule has 7 nitrogen and oxygen atoms in total. The van der Waals surface area contributed by atoms with Gasteiger partial charge in [0, 0.05) is 32.5 Å². The quantitative estimate of drug-likeness (QED) is 0.898. The molecule has 0 aromatic carbocycles. The minimum absolute atomic E-state index is 0.00422. The number of nitriles is 1. The van der Waals surface area contributed by atoms with Gasteiger partial charge < -0.3 is 14.6 Å². The van der Waals surface area contributed by atoms with Crippen LogP contribution in [-0.4, -0.2) is 51.8 Å². The summed E-state index contributed by atoms with van der Waals surface area (Å²) in [6.07, 6.45) is 5.46. The Labute approximate surface area is 141 Å². The van der Waals surface area contributed by atoms with E-state index in [1.54, 1.807) is 12.3 Å². The number of ether oxygens (including phenoxy) is 1. The molecule has 1 saturated heterocycles. The molecule has 0 spiro atoms. The molecule has 0 saturated carbocycles. The first-order chi connectivity index (χ1) is 11.7. The summed E-state index contributed by atoms with van der Waals surface area (Å²) >= 11 is 0. The molecular weight excluding hydrogens is 304 g/mol. The molecule has 2 aromatic heterocycles. The van der Waals surface area contributed by atoms with Crippen LogP contribution in [0.25, 0.3) is 0 Å². The van der Waals surface area contributed by atoms with Gasteiger partial charge >= 0.3 is 0 Å². The highest BCUT2D eigenvalue weighted by Crippen LogP contribution is 2.28. The van der Waals surface area contributed by atoms with Gasteiger partial charge in [-0.05, 0) is 18.7 Å². The summed E-state index contributed by atoms with van der Waals surface area (Å²) < 4.78 is 8.09. The maximum absolute atomic E-state index is 8.82. The molecule has 1 aliphatic rings. The molecule has 0 radical (unpaired) electrons. The van der Waals surface area contributed by atoms with Crippen LogP contribution in [0.4, 0.5) is 5.69 Å². The SMILES string of the molecule is CCN1CCO[C@@H](CNc2ccc(C#N)nc2)[C@@H]1c1nccn1C. The topological polar surface area (TPSA) is 79.0 Å². The van der Waals surface area contributed by atoms with Gasteiger partial charge in [0.2, 0.25) is 0 Å². The fourth-order valence-electron chi connectivity index (χ4n) is 3.09. The zero-order chi connectivity index (χ0) is 16.9. The summed E-state index contributed by atoms with van der Waals surface area (Å²) in [5.41, 5.74) is 1.29. The van der Waals surface area contributed by atoms with Crippen molar-refractivity contribution in [2.24, 2.45) is 7.05 Å². The van der Waals surface area contributed by atoms with Gasteiger partial charge in [-0.15, -0.1) is 0 Å². The van der Waals surface area contributed by atoms with Gasteiger partial charge in [0.15, 0.2) is 0 Å². The highest BCUT2D eigenvalue weighted by atomic mass is 16.5. The lowest BCUT2D eigenvalue weighted by atomic mass is 10.1. The summed E-state index contributed by atoms with van der Waals surface area (Å²) in [6.45, 7) is 5.39. The van der Waals surface area contributed by atoms with Gasteiger partial charge in [-0.25, -0.2) is 9.97 Å². The Morgan fingerprint density at radius 1 is 1.42 bits per heavy atom. The largest absolute Gasteiger partial charge is 0.381 e. The van der Waals surface area contributed by atoms with Crippen molar-refractivity contribution in [1.29, 1.82) is 5.26 Å². The van der Waals surface area contributed by atoms with Crippen molar-refractivity contribution < 1.29 is 4.74 Å². The zero-order valence-electron chi connectivity index (χ0n) is 14.0. The van der Waals surface area contributed by atoms with Crippen LogP contribution in [0.1, 0.15) is 24.5 Å². The summed E-state index contributed by atoms with van der Waals surface area (Å²) in [4.78, 5) is 11.0. The van der Waals surface area contributed by atoms with E-state index in [0.29, 0.717) is 18.8 Å². The second kappa shape index (κ2) is 7.43. The van der Waals surface area contributed by atoms with E-state index in [0.717, 1.165) is 24.6 Å². The number of morpholine rings is 1. The number of nitrogens with zero attached hydrogens (tertiary/aromatic N) is 5. The molecular formula is C17H22N6O. The third kappa shape index (κ3) is 3.40. The van der Waals surface area contributed by atoms with Gasteiger partial charge in [-0.1, -0.05) is 6.92 Å². The van der Waals surface area contributed by atoms with E-state index in [9.17, 15) is 0 Å². The van der Waals surface area contributed by atoms with Crippen LogP contribution in [0.3, 0.4) is 0 Å². The van der Waals surface area contributed by atoms with Crippen molar-refractivity contribution in [2.75, 3.05) is 31.6 Å². The number of pyridine rings is 1. The molecule has 0 aliphatic carbocycles. The first-order valence-corrected chi connectivity index (χ1v) is 8.15. The summed E-state index contributed by atoms with van der Waals surface area (Å²) in [7, 11) is 2.01. The van der Waals surface area contributed by atoms with E-state index in [4.69, 9.17) is 10.00 Å². The smallest absolute Gasteiger partial charge is 0.140 e. The van der Waals surface area contributed by atoms with Crippen molar-refractivity contribution >= 4 is 5.69 Å². The number of likely N-dealkylation sites (N-methyl/N-ethyl adjacent to an activating group) is 1. The molecule has 7 heteroatoms. The van der Waals surface area contributed by atoms with Crippen molar-refractivity contribution in [1.82, 2.24) is 19.4 Å². The van der Waals surface area contributed by atoms with Crippen molar-refractivity contribution in [3.05, 3.63) is 42.2 Å². The van der Waals surface area contributed by atoms with Crippen LogP contribution in [0.15, 0.2) is 30.7 Å². The van der Waals surface area contributed by atoms with E-state index in [-0.39, 0.29) is 12.1 Å². The van der Waals surface area contributed by atoms with Crippen molar-refractivity contribution in [3.8, 4) is 6.07 Å². The summed E-state index contributed by atoms with van der Waals surface area (Å²) in [6, 6.07) is 5.71. The first-order valence-electron chi connectivity index (χ1n) is 8.15. The van der Waals surface area contributed by atoms with Gasteiger partial charge in [0.25, 0.3) is 0 Å². The fourth-order valence-corrected chi connectivity index (χ4v) is 3.09. The first kappa shape index (κ1) is 16.4. The van der Waals surface area contributed by atoms with Gasteiger partial charge in [0.1, 0.15) is 17.6 Å². The Hall–Kier alpha value is -2.43. The van der Waals surface area contributed by atoms with Crippen LogP contribution in [0, 0.1) is 11.3 Å². The lowest BCUT2D eigenvalue weighted by Crippen LogP contribution is -2.48. The molecule has 1 fully saturated rings. The van der Waals surface area contributed by atoms with Crippen LogP contribution in [0.2, 0.25) is 0 Å². The van der Waals surface area contributed by atoms with Crippen LogP contribution >= 0.6 is 0 Å². The molecule has 126 valence electrons. The van der Waals surface area contributed by atoms with E-state index in [1.807, 2.05) is 31.6 Å². The Morgan fingerprint density at radius 3 is 2.92 bits per heavy atom. The minimum Gasteiger partial charge on any atom is -0.381 e. The fraction of sp³-hybridized carbons (Fsp3) is 0.471. The number of nitrogens with one attached hydrogen (secondary N) is 1. The van der Waals surface area contributed by atoms with Gasteiger partial charge in [-0.2, -0.15) is 5.26 Å². The van der Waals surface area contributed by atoms with Crippen LogP contribution in [-0.2, 0) is 11.8 Å². The molecule has 2 atom stereocenters. The van der Waals surface area contributed by atoms with E-state index < -0.39 is 0 Å². The maximum atomic E-state index is 8.82. The number of aromatic nitrogens is 3. The number of aryl methyl sites for hydroxylation is 1. The third-order valence-electron chi connectivity index (χ3n) is 4.37. The molecule has 1 aliphatic heterocycles. The Balaban J connectivity index is 1.74. The molecule has 0 unspecified atom stereocenters. The maximum Gasteiger partial charge on any atom is 0.140 e. The number of rotatable bonds is 5. The lowest BCUT2D eigenvalue weighted by molar-refractivity contribution is -0.0675. The normalized spacial score (nSPS) is 21.4. The third-order valence-corrected chi connectivity index (χ3v) is 4.37. The Kier molecular flexibility index (Phi) is 5.08. The standard InChI is InChI=1S/C17H22N6O/c1-3-23-8-9-24-15(16(23)17-19-6-7-22(17)2)12-21-14-5-4-13(10-18)20-11-14/h4-7,11,15-16,21H,3,8-9,12H2,1-2H3/t15-,16+/m0/s1. The zero-order valence-corrected chi connectivity index (χ0v) is 14.0. The number of hydrogen-bond acceptors (Lipinski definition) is 6. The minimum atomic E-state index is -0.00422. The molecule has 2 aromatic rings. The average Bonchev–Trinajstić information content (AvgIpc) is 3.05. The van der Waals surface area contributed by atoms with E-state index in [1.165, 1.54) is 0 Å². The summed E-state index contributed by atoms with van der Waals surface area (Å²) in [5, 5.41) is 12.2. The molecule has 0 bridgehead atoms. The number of hydrogen-bond donors (Lipinski definition) is 1. The van der Waals surface area contributed by atoms with Gasteiger partial charge in [0.05, 0.1) is 30.6 Å². The Morgan fingerprint density at radius 2 is 2.29 bits per heavy atom. The second-order valence-electron chi connectivity index (χ2n) is 5.80. The van der Waals surface area contributed by atoms with E-state index >= 15 is 0 Å². The molecule has 1 N–H and O–H groups in total. The molecule has 3 heterocycles. The average molecular weight is 326 g/mol. The van der Waals surface area contributed by atoms with Crippen molar-refractivity contribution in [2.45, 2.75) is 19.1 Å². The van der Waals surface area contributed by atoms with Crippen LogP contribution < -0.4 is 5.32 Å². The number of imidazole rings is 1. The van der Waals surface area contributed by atoms with Gasteiger partial charge in [-0.3, -0.25) is 4.90 Å². The highest BCUT2D eigenvalue weighted by molar-refractivity contribution is 5.42.